The van der Waals surface area contributed by atoms with Crippen LogP contribution in [-0.2, 0) is 17.8 Å². The van der Waals surface area contributed by atoms with Crippen LogP contribution in [0.25, 0.3) is 0 Å². The molecule has 0 radical (unpaired) electrons. The van der Waals surface area contributed by atoms with Crippen molar-refractivity contribution in [1.29, 1.82) is 0 Å². The summed E-state index contributed by atoms with van der Waals surface area (Å²) in [4.78, 5) is 23.1. The summed E-state index contributed by atoms with van der Waals surface area (Å²) in [5.74, 6) is 0.662. The molecule has 0 saturated carbocycles. The van der Waals surface area contributed by atoms with Crippen molar-refractivity contribution in [1.82, 2.24) is 24.6 Å². The van der Waals surface area contributed by atoms with Crippen LogP contribution < -0.4 is 0 Å². The van der Waals surface area contributed by atoms with Gasteiger partial charge in [0.25, 0.3) is 0 Å². The van der Waals surface area contributed by atoms with Gasteiger partial charge in [-0.1, -0.05) is 6.92 Å². The standard InChI is InChI=1S/C16H23N5OS/c1-2-14-10-23-16(19-14)13-5-3-7-20(9-13)15(22)6-4-8-21-12-17-11-18-21/h10-13H,2-9H2,1H3. The van der Waals surface area contributed by atoms with Gasteiger partial charge in [-0.2, -0.15) is 5.10 Å². The Morgan fingerprint density at radius 1 is 1.48 bits per heavy atom. The number of nitrogens with zero attached hydrogens (tertiary/aromatic N) is 5. The lowest BCUT2D eigenvalue weighted by Crippen LogP contribution is -2.39. The highest BCUT2D eigenvalue weighted by Crippen LogP contribution is 2.29. The van der Waals surface area contributed by atoms with Gasteiger partial charge in [0.2, 0.25) is 5.91 Å². The van der Waals surface area contributed by atoms with Crippen molar-refractivity contribution in [3.05, 3.63) is 28.7 Å². The van der Waals surface area contributed by atoms with Crippen LogP contribution in [0.5, 0.6) is 0 Å². The Morgan fingerprint density at radius 3 is 3.13 bits per heavy atom. The quantitative estimate of drug-likeness (QED) is 0.815. The number of amides is 1. The van der Waals surface area contributed by atoms with E-state index >= 15 is 0 Å². The number of likely N-dealkylation sites (tertiary alicyclic amines) is 1. The van der Waals surface area contributed by atoms with Crippen molar-refractivity contribution < 1.29 is 4.79 Å². The maximum Gasteiger partial charge on any atom is 0.222 e. The molecule has 3 heterocycles. The van der Waals surface area contributed by atoms with Crippen LogP contribution in [0, 0.1) is 0 Å². The fourth-order valence-electron chi connectivity index (χ4n) is 2.98. The lowest BCUT2D eigenvalue weighted by Gasteiger charge is -2.32. The zero-order valence-corrected chi connectivity index (χ0v) is 14.3. The molecule has 2 aromatic rings. The van der Waals surface area contributed by atoms with Crippen LogP contribution in [0.3, 0.4) is 0 Å². The normalized spacial score (nSPS) is 18.3. The van der Waals surface area contributed by atoms with Gasteiger partial charge in [-0.15, -0.1) is 11.3 Å². The maximum absolute atomic E-state index is 12.4. The van der Waals surface area contributed by atoms with E-state index in [0.717, 1.165) is 45.3 Å². The van der Waals surface area contributed by atoms with Gasteiger partial charge >= 0.3 is 0 Å². The highest BCUT2D eigenvalue weighted by molar-refractivity contribution is 7.09. The van der Waals surface area contributed by atoms with Gasteiger partial charge < -0.3 is 4.90 Å². The van der Waals surface area contributed by atoms with E-state index in [1.54, 1.807) is 22.3 Å². The van der Waals surface area contributed by atoms with E-state index in [0.29, 0.717) is 12.3 Å². The molecule has 1 unspecified atom stereocenters. The predicted molar refractivity (Wildman–Crippen MR) is 89.3 cm³/mol. The molecule has 1 aliphatic heterocycles. The van der Waals surface area contributed by atoms with Gasteiger partial charge in [0, 0.05) is 37.4 Å². The molecule has 23 heavy (non-hydrogen) atoms. The first-order valence-electron chi connectivity index (χ1n) is 8.30. The number of aryl methyl sites for hydroxylation is 2. The fraction of sp³-hybridized carbons (Fsp3) is 0.625. The third-order valence-electron chi connectivity index (χ3n) is 4.30. The molecule has 0 spiro atoms. The largest absolute Gasteiger partial charge is 0.342 e. The number of carbonyl (C=O) groups excluding carboxylic acids is 1. The lowest BCUT2D eigenvalue weighted by molar-refractivity contribution is -0.132. The lowest BCUT2D eigenvalue weighted by atomic mass is 9.98. The topological polar surface area (TPSA) is 63.9 Å². The molecule has 0 aliphatic carbocycles. The summed E-state index contributed by atoms with van der Waals surface area (Å²) in [5.41, 5.74) is 1.17. The van der Waals surface area contributed by atoms with Crippen LogP contribution in [0.1, 0.15) is 49.2 Å². The van der Waals surface area contributed by atoms with E-state index in [1.165, 1.54) is 17.0 Å². The third-order valence-corrected chi connectivity index (χ3v) is 5.36. The first-order valence-corrected chi connectivity index (χ1v) is 9.18. The van der Waals surface area contributed by atoms with Gasteiger partial charge in [0.15, 0.2) is 0 Å². The molecule has 124 valence electrons. The Morgan fingerprint density at radius 2 is 2.39 bits per heavy atom. The number of hydrogen-bond acceptors (Lipinski definition) is 5. The summed E-state index contributed by atoms with van der Waals surface area (Å²) in [7, 11) is 0. The summed E-state index contributed by atoms with van der Waals surface area (Å²) < 4.78 is 1.77. The van der Waals surface area contributed by atoms with Gasteiger partial charge in [-0.25, -0.2) is 9.97 Å². The Balaban J connectivity index is 1.50. The number of rotatable bonds is 6. The first-order chi connectivity index (χ1) is 11.3. The SMILES string of the molecule is CCc1csc(C2CCCN(C(=O)CCCn3cncn3)C2)n1. The minimum absolute atomic E-state index is 0.252. The number of aromatic nitrogens is 4. The van der Waals surface area contributed by atoms with Crippen LogP contribution in [0.2, 0.25) is 0 Å². The third kappa shape index (κ3) is 4.16. The molecule has 1 amide bonds. The van der Waals surface area contributed by atoms with Crippen molar-refractivity contribution in [2.45, 2.75) is 51.5 Å². The molecule has 0 bridgehead atoms. The highest BCUT2D eigenvalue weighted by atomic mass is 32.1. The van der Waals surface area contributed by atoms with E-state index in [2.05, 4.69) is 22.4 Å². The summed E-state index contributed by atoms with van der Waals surface area (Å²) >= 11 is 1.74. The monoisotopic (exact) mass is 333 g/mol. The number of carbonyl (C=O) groups is 1. The molecule has 2 aromatic heterocycles. The molecule has 1 saturated heterocycles. The smallest absolute Gasteiger partial charge is 0.222 e. The predicted octanol–water partition coefficient (Wildman–Crippen LogP) is 2.48. The number of thiazole rings is 1. The van der Waals surface area contributed by atoms with Crippen molar-refractivity contribution in [3.8, 4) is 0 Å². The van der Waals surface area contributed by atoms with E-state index in [9.17, 15) is 4.79 Å². The molecule has 1 aliphatic rings. The molecule has 7 heteroatoms. The van der Waals surface area contributed by atoms with E-state index in [1.807, 2.05) is 4.90 Å². The average Bonchev–Trinajstić information content (AvgIpc) is 3.26. The van der Waals surface area contributed by atoms with Crippen molar-refractivity contribution in [2.24, 2.45) is 0 Å². The van der Waals surface area contributed by atoms with Crippen molar-refractivity contribution in [3.63, 3.8) is 0 Å². The molecule has 0 aromatic carbocycles. The second-order valence-corrected chi connectivity index (χ2v) is 6.86. The van der Waals surface area contributed by atoms with E-state index in [4.69, 9.17) is 4.98 Å². The molecule has 1 fully saturated rings. The Bertz CT molecular complexity index is 624. The van der Waals surface area contributed by atoms with Gasteiger partial charge in [-0.05, 0) is 25.7 Å². The molecule has 1 atom stereocenters. The summed E-state index contributed by atoms with van der Waals surface area (Å²) in [6.07, 6.45) is 7.78. The molecule has 3 rings (SSSR count). The molecule has 6 nitrogen and oxygen atoms in total. The fourth-order valence-corrected chi connectivity index (χ4v) is 4.01. The molecule has 0 N–H and O–H groups in total. The van der Waals surface area contributed by atoms with Crippen LogP contribution in [-0.4, -0.2) is 43.6 Å². The van der Waals surface area contributed by atoms with Crippen molar-refractivity contribution in [2.75, 3.05) is 13.1 Å². The first kappa shape index (κ1) is 16.1. The summed E-state index contributed by atoms with van der Waals surface area (Å²) in [5, 5.41) is 7.40. The maximum atomic E-state index is 12.4. The minimum Gasteiger partial charge on any atom is -0.342 e. The minimum atomic E-state index is 0.252. The Labute approximate surface area is 140 Å². The van der Waals surface area contributed by atoms with E-state index in [-0.39, 0.29) is 5.91 Å². The number of hydrogen-bond donors (Lipinski definition) is 0. The van der Waals surface area contributed by atoms with E-state index < -0.39 is 0 Å². The second kappa shape index (κ2) is 7.68. The Hall–Kier alpha value is -1.76. The van der Waals surface area contributed by atoms with Gasteiger partial charge in [0.1, 0.15) is 12.7 Å². The van der Waals surface area contributed by atoms with Gasteiger partial charge in [0.05, 0.1) is 10.7 Å². The van der Waals surface area contributed by atoms with Crippen LogP contribution in [0.4, 0.5) is 0 Å². The zero-order valence-electron chi connectivity index (χ0n) is 13.5. The Kier molecular flexibility index (Phi) is 5.38. The van der Waals surface area contributed by atoms with Gasteiger partial charge in [-0.3, -0.25) is 9.48 Å². The number of piperidine rings is 1. The van der Waals surface area contributed by atoms with Crippen molar-refractivity contribution >= 4 is 17.2 Å². The zero-order chi connectivity index (χ0) is 16.1. The summed E-state index contributed by atoms with van der Waals surface area (Å²) in [6.45, 7) is 4.57. The van der Waals surface area contributed by atoms with Crippen LogP contribution >= 0.6 is 11.3 Å². The summed E-state index contributed by atoms with van der Waals surface area (Å²) in [6, 6.07) is 0. The van der Waals surface area contributed by atoms with Crippen LogP contribution in [0.15, 0.2) is 18.0 Å². The molecular formula is C16H23N5OS. The average molecular weight is 333 g/mol. The highest BCUT2D eigenvalue weighted by Gasteiger charge is 2.26. The molecular weight excluding hydrogens is 310 g/mol. The second-order valence-electron chi connectivity index (χ2n) is 5.97.